The summed E-state index contributed by atoms with van der Waals surface area (Å²) in [5.74, 6) is -0.598. The summed E-state index contributed by atoms with van der Waals surface area (Å²) < 4.78 is 5.82. The zero-order chi connectivity index (χ0) is 15.8. The number of nitrogens with one attached hydrogen (secondary N) is 1. The van der Waals surface area contributed by atoms with Crippen LogP contribution in [0.4, 0.5) is 0 Å². The van der Waals surface area contributed by atoms with E-state index in [0.29, 0.717) is 11.7 Å². The van der Waals surface area contributed by atoms with Crippen LogP contribution in [0.2, 0.25) is 0 Å². The minimum Gasteiger partial charge on any atom is -0.504 e. The molecule has 1 aliphatic rings. The molecule has 2 rings (SSSR count). The molecule has 1 saturated carbocycles. The van der Waals surface area contributed by atoms with Crippen LogP contribution >= 0.6 is 0 Å². The molecule has 0 unspecified atom stereocenters. The molecule has 0 amide bonds. The molecule has 1 aromatic carbocycles. The summed E-state index contributed by atoms with van der Waals surface area (Å²) in [5.41, 5.74) is 0.390. The first-order valence-corrected chi connectivity index (χ1v) is 8.04. The molecule has 0 radical (unpaired) electrons. The van der Waals surface area contributed by atoms with Crippen molar-refractivity contribution in [3.8, 4) is 11.5 Å². The van der Waals surface area contributed by atoms with Gasteiger partial charge in [-0.25, -0.2) is 0 Å². The third-order valence-corrected chi connectivity index (χ3v) is 3.99. The summed E-state index contributed by atoms with van der Waals surface area (Å²) in [6.45, 7) is 1.67. The van der Waals surface area contributed by atoms with Crippen molar-refractivity contribution < 1.29 is 19.7 Å². The number of aromatic hydroxyl groups is 2. The third kappa shape index (κ3) is 5.31. The second kappa shape index (κ2) is 8.76. The number of hydrogen-bond donors (Lipinski definition) is 3. The number of Topliss-reactive ketones (excluding diaryl/α,β-unsaturated/α-hetero) is 1. The average Bonchev–Trinajstić information content (AvgIpc) is 2.54. The van der Waals surface area contributed by atoms with E-state index in [1.54, 1.807) is 0 Å². The first kappa shape index (κ1) is 16.8. The number of benzene rings is 1. The second-order valence-electron chi connectivity index (χ2n) is 5.79. The quantitative estimate of drug-likeness (QED) is 0.391. The van der Waals surface area contributed by atoms with Gasteiger partial charge in [-0.3, -0.25) is 4.79 Å². The Labute approximate surface area is 131 Å². The van der Waals surface area contributed by atoms with Gasteiger partial charge in [0, 0.05) is 12.2 Å². The van der Waals surface area contributed by atoms with E-state index in [2.05, 4.69) is 5.32 Å². The van der Waals surface area contributed by atoms with Crippen molar-refractivity contribution in [2.24, 2.45) is 0 Å². The van der Waals surface area contributed by atoms with Crippen LogP contribution in [0.1, 0.15) is 48.9 Å². The molecular formula is C17H25NO4. The lowest BCUT2D eigenvalue weighted by Crippen LogP contribution is -2.25. The summed E-state index contributed by atoms with van der Waals surface area (Å²) in [6, 6.07) is 4.11. The lowest BCUT2D eigenvalue weighted by atomic mass is 9.98. The van der Waals surface area contributed by atoms with Crippen molar-refractivity contribution >= 4 is 5.78 Å². The Bertz CT molecular complexity index is 484. The van der Waals surface area contributed by atoms with E-state index in [9.17, 15) is 15.0 Å². The van der Waals surface area contributed by atoms with E-state index in [-0.39, 0.29) is 23.8 Å². The van der Waals surface area contributed by atoms with Crippen molar-refractivity contribution in [3.05, 3.63) is 23.8 Å². The molecule has 5 nitrogen and oxygen atoms in total. The van der Waals surface area contributed by atoms with Crippen LogP contribution in [0.5, 0.6) is 11.5 Å². The van der Waals surface area contributed by atoms with Gasteiger partial charge >= 0.3 is 0 Å². The lowest BCUT2D eigenvalue weighted by molar-refractivity contribution is 0.0273. The molecule has 0 spiro atoms. The van der Waals surface area contributed by atoms with Gasteiger partial charge in [0.05, 0.1) is 12.6 Å². The van der Waals surface area contributed by atoms with Gasteiger partial charge in [0.2, 0.25) is 0 Å². The average molecular weight is 307 g/mol. The van der Waals surface area contributed by atoms with Crippen LogP contribution in [0.25, 0.3) is 0 Å². The van der Waals surface area contributed by atoms with Crippen molar-refractivity contribution in [2.45, 2.75) is 44.6 Å². The number of phenolic OH excluding ortho intramolecular Hbond substituents is 2. The van der Waals surface area contributed by atoms with Gasteiger partial charge in [0.25, 0.3) is 0 Å². The van der Waals surface area contributed by atoms with Crippen LogP contribution < -0.4 is 5.32 Å². The summed E-state index contributed by atoms with van der Waals surface area (Å²) in [6.07, 6.45) is 7.54. The summed E-state index contributed by atoms with van der Waals surface area (Å²) in [7, 11) is 0. The molecule has 0 bridgehead atoms. The van der Waals surface area contributed by atoms with Crippen molar-refractivity contribution in [2.75, 3.05) is 19.7 Å². The fourth-order valence-corrected chi connectivity index (χ4v) is 2.68. The molecule has 0 aromatic heterocycles. The molecule has 0 heterocycles. The first-order valence-electron chi connectivity index (χ1n) is 8.04. The van der Waals surface area contributed by atoms with E-state index >= 15 is 0 Å². The number of carbonyl (C=O) groups is 1. The standard InChI is InChI=1S/C17H25NO4/c19-15-8-7-13(11-16(15)20)17(21)12-18-9-4-10-22-14-5-2-1-3-6-14/h7-8,11,14,18-20H,1-6,9-10,12H2. The molecule has 3 N–H and O–H groups in total. The first-order chi connectivity index (χ1) is 10.7. The van der Waals surface area contributed by atoms with Gasteiger partial charge in [-0.15, -0.1) is 0 Å². The Balaban J connectivity index is 1.57. The Kier molecular flexibility index (Phi) is 6.68. The normalized spacial score (nSPS) is 15.8. The second-order valence-corrected chi connectivity index (χ2v) is 5.79. The molecule has 0 aliphatic heterocycles. The highest BCUT2D eigenvalue weighted by Crippen LogP contribution is 2.24. The SMILES string of the molecule is O=C(CNCCCOC1CCCCC1)c1ccc(O)c(O)c1. The highest BCUT2D eigenvalue weighted by Gasteiger charge is 2.13. The van der Waals surface area contributed by atoms with E-state index < -0.39 is 0 Å². The van der Waals surface area contributed by atoms with Gasteiger partial charge in [0.15, 0.2) is 17.3 Å². The molecule has 22 heavy (non-hydrogen) atoms. The number of hydrogen-bond acceptors (Lipinski definition) is 5. The van der Waals surface area contributed by atoms with Crippen molar-refractivity contribution in [3.63, 3.8) is 0 Å². The molecule has 1 aromatic rings. The molecule has 5 heteroatoms. The zero-order valence-electron chi connectivity index (χ0n) is 12.9. The predicted molar refractivity (Wildman–Crippen MR) is 84.4 cm³/mol. The summed E-state index contributed by atoms with van der Waals surface area (Å²) in [5, 5.41) is 21.7. The highest BCUT2D eigenvalue weighted by atomic mass is 16.5. The summed E-state index contributed by atoms with van der Waals surface area (Å²) >= 11 is 0. The molecule has 1 aliphatic carbocycles. The van der Waals surface area contributed by atoms with Gasteiger partial charge < -0.3 is 20.3 Å². The van der Waals surface area contributed by atoms with Gasteiger partial charge in [0.1, 0.15) is 0 Å². The van der Waals surface area contributed by atoms with Crippen LogP contribution in [0, 0.1) is 0 Å². The topological polar surface area (TPSA) is 78.8 Å². The number of rotatable bonds is 8. The van der Waals surface area contributed by atoms with E-state index in [0.717, 1.165) is 19.6 Å². The van der Waals surface area contributed by atoms with Crippen LogP contribution in [0.3, 0.4) is 0 Å². The molecule has 1 fully saturated rings. The highest BCUT2D eigenvalue weighted by molar-refractivity contribution is 5.98. The van der Waals surface area contributed by atoms with Gasteiger partial charge in [-0.1, -0.05) is 19.3 Å². The van der Waals surface area contributed by atoms with Crippen LogP contribution in [-0.2, 0) is 4.74 Å². The van der Waals surface area contributed by atoms with Gasteiger partial charge in [-0.05, 0) is 44.0 Å². The fraction of sp³-hybridized carbons (Fsp3) is 0.588. The lowest BCUT2D eigenvalue weighted by Gasteiger charge is -2.21. The van der Waals surface area contributed by atoms with E-state index in [1.165, 1.54) is 50.3 Å². The Morgan fingerprint density at radius 2 is 1.95 bits per heavy atom. The minimum atomic E-state index is -0.272. The van der Waals surface area contributed by atoms with Crippen molar-refractivity contribution in [1.29, 1.82) is 0 Å². The predicted octanol–water partition coefficient (Wildman–Crippen LogP) is 2.61. The Hall–Kier alpha value is -1.59. The maximum atomic E-state index is 11.9. The number of phenols is 2. The van der Waals surface area contributed by atoms with Gasteiger partial charge in [-0.2, -0.15) is 0 Å². The Morgan fingerprint density at radius 3 is 2.68 bits per heavy atom. The minimum absolute atomic E-state index is 0.108. The maximum Gasteiger partial charge on any atom is 0.176 e. The number of ether oxygens (including phenoxy) is 1. The van der Waals surface area contributed by atoms with E-state index in [4.69, 9.17) is 4.74 Å². The monoisotopic (exact) mass is 307 g/mol. The summed E-state index contributed by atoms with van der Waals surface area (Å²) in [4.78, 5) is 11.9. The zero-order valence-corrected chi connectivity index (χ0v) is 12.9. The third-order valence-electron chi connectivity index (χ3n) is 3.99. The smallest absolute Gasteiger partial charge is 0.176 e. The number of carbonyl (C=O) groups excluding carboxylic acids is 1. The molecule has 122 valence electrons. The Morgan fingerprint density at radius 1 is 1.18 bits per heavy atom. The van der Waals surface area contributed by atoms with Crippen LogP contribution in [-0.4, -0.2) is 41.8 Å². The molecular weight excluding hydrogens is 282 g/mol. The van der Waals surface area contributed by atoms with Crippen molar-refractivity contribution in [1.82, 2.24) is 5.32 Å². The maximum absolute atomic E-state index is 11.9. The number of ketones is 1. The molecule has 0 saturated heterocycles. The fourth-order valence-electron chi connectivity index (χ4n) is 2.68. The molecule has 0 atom stereocenters. The van der Waals surface area contributed by atoms with Crippen LogP contribution in [0.15, 0.2) is 18.2 Å². The largest absolute Gasteiger partial charge is 0.504 e. The van der Waals surface area contributed by atoms with E-state index in [1.807, 2.05) is 0 Å².